The molecule has 0 bridgehead atoms. The second kappa shape index (κ2) is 10.1. The van der Waals surface area contributed by atoms with Crippen LogP contribution in [0.5, 0.6) is 0 Å². The number of hydrogen-bond acceptors (Lipinski definition) is 3. The van der Waals surface area contributed by atoms with Crippen molar-refractivity contribution in [2.24, 2.45) is 0 Å². The van der Waals surface area contributed by atoms with Crippen molar-refractivity contribution >= 4 is 23.2 Å². The fraction of sp³-hybridized carbons (Fsp3) is 0.417. The third-order valence-corrected chi connectivity index (χ3v) is 5.51. The zero-order chi connectivity index (χ0) is 20.6. The number of hydrogen-bond donors (Lipinski definition) is 1. The summed E-state index contributed by atoms with van der Waals surface area (Å²) in [5.74, 6) is 0.193. The van der Waals surface area contributed by atoms with Crippen LogP contribution in [0.3, 0.4) is 0 Å². The van der Waals surface area contributed by atoms with E-state index in [1.165, 1.54) is 0 Å². The van der Waals surface area contributed by atoms with Gasteiger partial charge in [0, 0.05) is 49.5 Å². The molecule has 1 heterocycles. The first kappa shape index (κ1) is 20.9. The number of aryl methyl sites for hydroxylation is 1. The molecule has 0 aliphatic carbocycles. The van der Waals surface area contributed by atoms with Crippen LogP contribution in [0, 0.1) is 6.92 Å². The first-order chi connectivity index (χ1) is 14.1. The molecule has 0 aromatic heterocycles. The van der Waals surface area contributed by atoms with E-state index in [1.54, 1.807) is 0 Å². The topological polar surface area (TPSA) is 52.7 Å². The summed E-state index contributed by atoms with van der Waals surface area (Å²) in [5, 5.41) is 2.97. The quantitative estimate of drug-likeness (QED) is 0.706. The monoisotopic (exact) mass is 393 g/mol. The Bertz CT molecular complexity index is 824. The lowest BCUT2D eigenvalue weighted by molar-refractivity contribution is -0.131. The zero-order valence-corrected chi connectivity index (χ0v) is 17.5. The molecule has 1 N–H and O–H groups in total. The highest BCUT2D eigenvalue weighted by atomic mass is 16.2. The van der Waals surface area contributed by atoms with Crippen molar-refractivity contribution in [2.45, 2.75) is 39.5 Å². The first-order valence-corrected chi connectivity index (χ1v) is 10.6. The summed E-state index contributed by atoms with van der Waals surface area (Å²) in [7, 11) is 0. The van der Waals surface area contributed by atoms with Gasteiger partial charge in [0.15, 0.2) is 0 Å². The molecule has 1 saturated heterocycles. The number of nitrogens with zero attached hydrogens (tertiary/aromatic N) is 2. The Morgan fingerprint density at radius 1 is 0.931 bits per heavy atom. The SMILES string of the molecule is CCCCCC(=O)N1CCN(c2ccc(NC(=O)c3ccccc3C)cc2)CC1. The molecule has 0 atom stereocenters. The van der Waals surface area contributed by atoms with Crippen LogP contribution >= 0.6 is 0 Å². The van der Waals surface area contributed by atoms with Gasteiger partial charge in [0.25, 0.3) is 5.91 Å². The van der Waals surface area contributed by atoms with Gasteiger partial charge in [-0.3, -0.25) is 9.59 Å². The maximum Gasteiger partial charge on any atom is 0.255 e. The van der Waals surface area contributed by atoms with E-state index in [1.807, 2.05) is 60.4 Å². The fourth-order valence-corrected chi connectivity index (χ4v) is 3.68. The third-order valence-electron chi connectivity index (χ3n) is 5.51. The summed E-state index contributed by atoms with van der Waals surface area (Å²) < 4.78 is 0. The van der Waals surface area contributed by atoms with Gasteiger partial charge in [-0.25, -0.2) is 0 Å². The molecular formula is C24H31N3O2. The van der Waals surface area contributed by atoms with Crippen molar-refractivity contribution in [2.75, 3.05) is 36.4 Å². The van der Waals surface area contributed by atoms with Crippen molar-refractivity contribution in [3.63, 3.8) is 0 Å². The number of nitrogens with one attached hydrogen (secondary N) is 1. The molecule has 0 unspecified atom stereocenters. The highest BCUT2D eigenvalue weighted by Crippen LogP contribution is 2.21. The second-order valence-corrected chi connectivity index (χ2v) is 7.64. The maximum atomic E-state index is 12.5. The van der Waals surface area contributed by atoms with Crippen molar-refractivity contribution in [3.05, 3.63) is 59.7 Å². The van der Waals surface area contributed by atoms with Gasteiger partial charge in [-0.15, -0.1) is 0 Å². The van der Waals surface area contributed by atoms with Crippen LogP contribution in [0.4, 0.5) is 11.4 Å². The van der Waals surface area contributed by atoms with E-state index < -0.39 is 0 Å². The van der Waals surface area contributed by atoms with E-state index in [2.05, 4.69) is 17.1 Å². The van der Waals surface area contributed by atoms with Gasteiger partial charge in [0.1, 0.15) is 0 Å². The van der Waals surface area contributed by atoms with Gasteiger partial charge in [0.05, 0.1) is 0 Å². The molecule has 154 valence electrons. The summed E-state index contributed by atoms with van der Waals surface area (Å²) in [6, 6.07) is 15.5. The van der Waals surface area contributed by atoms with E-state index in [0.717, 1.165) is 62.4 Å². The molecule has 1 aliphatic rings. The average Bonchev–Trinajstić information content (AvgIpc) is 2.75. The van der Waals surface area contributed by atoms with Gasteiger partial charge >= 0.3 is 0 Å². The fourth-order valence-electron chi connectivity index (χ4n) is 3.68. The molecule has 2 amide bonds. The smallest absolute Gasteiger partial charge is 0.255 e. The lowest BCUT2D eigenvalue weighted by atomic mass is 10.1. The van der Waals surface area contributed by atoms with Crippen molar-refractivity contribution < 1.29 is 9.59 Å². The summed E-state index contributed by atoms with van der Waals surface area (Å²) in [4.78, 5) is 29.0. The molecule has 3 rings (SSSR count). The van der Waals surface area contributed by atoms with Gasteiger partial charge < -0.3 is 15.1 Å². The molecule has 2 aromatic carbocycles. The minimum atomic E-state index is -0.0916. The second-order valence-electron chi connectivity index (χ2n) is 7.64. The Labute approximate surface area is 173 Å². The minimum absolute atomic E-state index is 0.0916. The number of anilines is 2. The van der Waals surface area contributed by atoms with Crippen molar-refractivity contribution in [3.8, 4) is 0 Å². The number of rotatable bonds is 7. The van der Waals surface area contributed by atoms with E-state index in [0.29, 0.717) is 12.0 Å². The van der Waals surface area contributed by atoms with Gasteiger partial charge in [-0.1, -0.05) is 38.0 Å². The molecule has 5 heteroatoms. The Balaban J connectivity index is 1.51. The number of amides is 2. The normalized spacial score (nSPS) is 14.0. The number of unbranched alkanes of at least 4 members (excludes halogenated alkanes) is 2. The summed E-state index contributed by atoms with van der Waals surface area (Å²) in [6.45, 7) is 7.32. The van der Waals surface area contributed by atoms with Crippen LogP contribution in [0.15, 0.2) is 48.5 Å². The van der Waals surface area contributed by atoms with E-state index >= 15 is 0 Å². The van der Waals surface area contributed by atoms with Crippen LogP contribution < -0.4 is 10.2 Å². The van der Waals surface area contributed by atoms with Crippen LogP contribution in [0.1, 0.15) is 48.5 Å². The van der Waals surface area contributed by atoms with Crippen LogP contribution in [-0.2, 0) is 4.79 Å². The molecular weight excluding hydrogens is 362 g/mol. The molecule has 5 nitrogen and oxygen atoms in total. The molecule has 2 aromatic rings. The van der Waals surface area contributed by atoms with E-state index in [-0.39, 0.29) is 11.8 Å². The van der Waals surface area contributed by atoms with Gasteiger partial charge in [-0.2, -0.15) is 0 Å². The predicted molar refractivity (Wildman–Crippen MR) is 119 cm³/mol. The third kappa shape index (κ3) is 5.59. The molecule has 0 saturated carbocycles. The highest BCUT2D eigenvalue weighted by molar-refractivity contribution is 6.05. The number of carbonyl (C=O) groups excluding carboxylic acids is 2. The molecule has 1 fully saturated rings. The predicted octanol–water partition coefficient (Wildman–Crippen LogP) is 4.48. The molecule has 29 heavy (non-hydrogen) atoms. The number of carbonyl (C=O) groups is 2. The standard InChI is InChI=1S/C24H31N3O2/c1-3-4-5-10-23(28)27-17-15-26(16-18-27)21-13-11-20(12-14-21)25-24(29)22-9-7-6-8-19(22)2/h6-9,11-14H,3-5,10,15-18H2,1-2H3,(H,25,29). The van der Waals surface area contributed by atoms with Crippen molar-refractivity contribution in [1.82, 2.24) is 4.90 Å². The molecule has 0 spiro atoms. The summed E-state index contributed by atoms with van der Waals surface area (Å²) in [6.07, 6.45) is 3.93. The number of benzene rings is 2. The zero-order valence-electron chi connectivity index (χ0n) is 17.5. The Morgan fingerprint density at radius 3 is 2.28 bits per heavy atom. The summed E-state index contributed by atoms with van der Waals surface area (Å²) in [5.41, 5.74) is 3.56. The summed E-state index contributed by atoms with van der Waals surface area (Å²) >= 11 is 0. The highest BCUT2D eigenvalue weighted by Gasteiger charge is 2.21. The Hall–Kier alpha value is -2.82. The largest absolute Gasteiger partial charge is 0.368 e. The van der Waals surface area contributed by atoms with E-state index in [4.69, 9.17) is 0 Å². The van der Waals surface area contributed by atoms with Crippen LogP contribution in [0.2, 0.25) is 0 Å². The minimum Gasteiger partial charge on any atom is -0.368 e. The first-order valence-electron chi connectivity index (χ1n) is 10.6. The van der Waals surface area contributed by atoms with Crippen LogP contribution in [-0.4, -0.2) is 42.9 Å². The van der Waals surface area contributed by atoms with Crippen molar-refractivity contribution in [1.29, 1.82) is 0 Å². The number of piperazine rings is 1. The Kier molecular flexibility index (Phi) is 7.28. The Morgan fingerprint density at radius 2 is 1.62 bits per heavy atom. The molecule has 1 aliphatic heterocycles. The van der Waals surface area contributed by atoms with Crippen LogP contribution in [0.25, 0.3) is 0 Å². The van der Waals surface area contributed by atoms with E-state index in [9.17, 15) is 9.59 Å². The molecule has 0 radical (unpaired) electrons. The van der Waals surface area contributed by atoms with Gasteiger partial charge in [-0.05, 0) is 49.2 Å². The van der Waals surface area contributed by atoms with Gasteiger partial charge in [0.2, 0.25) is 5.91 Å². The maximum absolute atomic E-state index is 12.5. The lowest BCUT2D eigenvalue weighted by Gasteiger charge is -2.36. The average molecular weight is 394 g/mol. The lowest BCUT2D eigenvalue weighted by Crippen LogP contribution is -2.48.